The second kappa shape index (κ2) is 9.60. The lowest BCUT2D eigenvalue weighted by atomic mass is 10.1. The molecule has 0 fully saturated rings. The van der Waals surface area contributed by atoms with Gasteiger partial charge in [-0.15, -0.1) is 0 Å². The van der Waals surface area contributed by atoms with E-state index in [0.29, 0.717) is 12.1 Å². The number of hydrogen-bond donors (Lipinski definition) is 3. The highest BCUT2D eigenvalue weighted by Gasteiger charge is 2.04. The number of hydrogen-bond acceptors (Lipinski definition) is 2. The van der Waals surface area contributed by atoms with Crippen molar-refractivity contribution in [2.24, 2.45) is 4.99 Å². The summed E-state index contributed by atoms with van der Waals surface area (Å²) in [6.45, 7) is 2.44. The summed E-state index contributed by atoms with van der Waals surface area (Å²) in [4.78, 5) is 15.9. The minimum absolute atomic E-state index is 0.0764. The lowest BCUT2D eigenvalue weighted by Gasteiger charge is -2.13. The largest absolute Gasteiger partial charge is 0.356 e. The molecule has 1 aromatic heterocycles. The van der Waals surface area contributed by atoms with Crippen molar-refractivity contribution in [3.8, 4) is 0 Å². The number of guanidine groups is 1. The molecule has 3 rings (SSSR count). The number of amides is 1. The monoisotopic (exact) mass is 377 g/mol. The van der Waals surface area contributed by atoms with Gasteiger partial charge >= 0.3 is 0 Å². The minimum atomic E-state index is -0.0764. The Labute approximate surface area is 165 Å². The molecular weight excluding hydrogens is 350 g/mol. The third kappa shape index (κ3) is 4.91. The second-order valence-corrected chi connectivity index (χ2v) is 6.55. The van der Waals surface area contributed by atoms with Gasteiger partial charge in [-0.1, -0.05) is 30.3 Å². The van der Waals surface area contributed by atoms with E-state index in [1.54, 1.807) is 14.1 Å². The average Bonchev–Trinajstić information content (AvgIpc) is 3.16. The van der Waals surface area contributed by atoms with Gasteiger partial charge in [-0.3, -0.25) is 9.79 Å². The highest BCUT2D eigenvalue weighted by Crippen LogP contribution is 2.15. The highest BCUT2D eigenvalue weighted by atomic mass is 16.1. The van der Waals surface area contributed by atoms with Crippen molar-refractivity contribution in [2.75, 3.05) is 20.6 Å². The first-order valence-corrected chi connectivity index (χ1v) is 9.50. The predicted molar refractivity (Wildman–Crippen MR) is 115 cm³/mol. The topological polar surface area (TPSA) is 70.5 Å². The molecule has 0 aliphatic carbocycles. The first kappa shape index (κ1) is 19.5. The van der Waals surface area contributed by atoms with Crippen LogP contribution in [-0.2, 0) is 13.1 Å². The molecule has 3 N–H and O–H groups in total. The van der Waals surface area contributed by atoms with Gasteiger partial charge in [0.25, 0.3) is 5.91 Å². The number of nitrogens with one attached hydrogen (secondary N) is 3. The van der Waals surface area contributed by atoms with Crippen LogP contribution in [-0.4, -0.2) is 37.1 Å². The molecule has 1 heterocycles. The van der Waals surface area contributed by atoms with E-state index in [9.17, 15) is 4.79 Å². The summed E-state index contributed by atoms with van der Waals surface area (Å²) in [7, 11) is 3.40. The number of para-hydroxylation sites is 1. The van der Waals surface area contributed by atoms with Crippen molar-refractivity contribution in [1.82, 2.24) is 20.5 Å². The van der Waals surface area contributed by atoms with Gasteiger partial charge in [0, 0.05) is 51.0 Å². The molecule has 1 amide bonds. The van der Waals surface area contributed by atoms with Gasteiger partial charge in [-0.2, -0.15) is 0 Å². The summed E-state index contributed by atoms with van der Waals surface area (Å²) in [5.41, 5.74) is 3.02. The van der Waals surface area contributed by atoms with E-state index in [-0.39, 0.29) is 5.91 Å². The van der Waals surface area contributed by atoms with E-state index in [0.717, 1.165) is 31.0 Å². The lowest BCUT2D eigenvalue weighted by molar-refractivity contribution is 0.0963. The molecule has 2 aromatic carbocycles. The smallest absolute Gasteiger partial charge is 0.251 e. The minimum Gasteiger partial charge on any atom is -0.356 e. The fourth-order valence-electron chi connectivity index (χ4n) is 3.12. The van der Waals surface area contributed by atoms with E-state index in [1.165, 1.54) is 10.9 Å². The molecule has 0 radical (unpaired) electrons. The number of aromatic nitrogens is 1. The van der Waals surface area contributed by atoms with Gasteiger partial charge in [-0.25, -0.2) is 0 Å². The summed E-state index contributed by atoms with van der Waals surface area (Å²) in [5.74, 6) is 0.695. The molecule has 0 aliphatic heterocycles. The zero-order valence-electron chi connectivity index (χ0n) is 16.4. The Bertz CT molecular complexity index is 943. The van der Waals surface area contributed by atoms with Gasteiger partial charge in [0.2, 0.25) is 0 Å². The van der Waals surface area contributed by atoms with Crippen molar-refractivity contribution >= 4 is 22.8 Å². The summed E-state index contributed by atoms with van der Waals surface area (Å²) >= 11 is 0. The fourth-order valence-corrected chi connectivity index (χ4v) is 3.12. The lowest BCUT2D eigenvalue weighted by Crippen LogP contribution is -2.37. The molecule has 0 saturated heterocycles. The molecule has 6 heteroatoms. The van der Waals surface area contributed by atoms with E-state index < -0.39 is 0 Å². The Morgan fingerprint density at radius 2 is 1.82 bits per heavy atom. The first-order valence-electron chi connectivity index (χ1n) is 9.50. The van der Waals surface area contributed by atoms with Crippen LogP contribution in [0.4, 0.5) is 0 Å². The molecule has 0 atom stereocenters. The molecule has 6 nitrogen and oxygen atoms in total. The first-order chi connectivity index (χ1) is 13.7. The molecule has 0 unspecified atom stereocenters. The maximum atomic E-state index is 11.6. The third-order valence-electron chi connectivity index (χ3n) is 4.68. The van der Waals surface area contributed by atoms with Crippen molar-refractivity contribution < 1.29 is 4.79 Å². The van der Waals surface area contributed by atoms with Gasteiger partial charge < -0.3 is 20.5 Å². The van der Waals surface area contributed by atoms with Crippen LogP contribution in [0.2, 0.25) is 0 Å². The molecule has 0 aliphatic rings. The van der Waals surface area contributed by atoms with Crippen LogP contribution < -0.4 is 16.0 Å². The Morgan fingerprint density at radius 3 is 2.57 bits per heavy atom. The van der Waals surface area contributed by atoms with Gasteiger partial charge in [-0.05, 0) is 41.6 Å². The van der Waals surface area contributed by atoms with Crippen LogP contribution in [0.5, 0.6) is 0 Å². The maximum absolute atomic E-state index is 11.6. The zero-order chi connectivity index (χ0) is 19.8. The number of nitrogens with zero attached hydrogens (tertiary/aromatic N) is 2. The van der Waals surface area contributed by atoms with Crippen molar-refractivity contribution in [2.45, 2.75) is 19.5 Å². The molecule has 146 valence electrons. The van der Waals surface area contributed by atoms with Crippen LogP contribution >= 0.6 is 0 Å². The number of aliphatic imine (C=N–C) groups is 1. The summed E-state index contributed by atoms with van der Waals surface area (Å²) < 4.78 is 2.28. The molecule has 0 bridgehead atoms. The van der Waals surface area contributed by atoms with Gasteiger partial charge in [0.05, 0.1) is 0 Å². The number of benzene rings is 2. The normalized spacial score (nSPS) is 11.4. The molecule has 0 saturated carbocycles. The SMILES string of the molecule is CN=C(NCCCn1ccc2ccccc21)NCc1ccc(C(=O)NC)cc1. The van der Waals surface area contributed by atoms with Crippen LogP contribution in [0.25, 0.3) is 10.9 Å². The summed E-state index contributed by atoms with van der Waals surface area (Å²) in [6.07, 6.45) is 3.14. The standard InChI is InChI=1S/C22H27N5O/c1-23-21(28)19-10-8-17(9-11-19)16-26-22(24-2)25-13-5-14-27-15-12-18-6-3-4-7-20(18)27/h3-4,6-12,15H,5,13-14,16H2,1-2H3,(H,23,28)(H2,24,25,26). The number of carbonyl (C=O) groups is 1. The van der Waals surface area contributed by atoms with E-state index in [1.807, 2.05) is 24.3 Å². The summed E-state index contributed by atoms with van der Waals surface area (Å²) in [6, 6.07) is 18.1. The Hall–Kier alpha value is -3.28. The van der Waals surface area contributed by atoms with E-state index in [2.05, 4.69) is 62.0 Å². The molecule has 3 aromatic rings. The number of aryl methyl sites for hydroxylation is 1. The molecule has 0 spiro atoms. The van der Waals surface area contributed by atoms with Crippen LogP contribution in [0.15, 0.2) is 65.8 Å². The quantitative estimate of drug-likeness (QED) is 0.337. The maximum Gasteiger partial charge on any atom is 0.251 e. The highest BCUT2D eigenvalue weighted by molar-refractivity contribution is 5.93. The van der Waals surface area contributed by atoms with Gasteiger partial charge in [0.1, 0.15) is 0 Å². The molecule has 28 heavy (non-hydrogen) atoms. The third-order valence-corrected chi connectivity index (χ3v) is 4.68. The molecular formula is C22H27N5O. The van der Waals surface area contributed by atoms with Crippen LogP contribution in [0.1, 0.15) is 22.3 Å². The van der Waals surface area contributed by atoms with Crippen LogP contribution in [0.3, 0.4) is 0 Å². The number of fused-ring (bicyclic) bond motifs is 1. The predicted octanol–water partition coefficient (Wildman–Crippen LogP) is 2.76. The van der Waals surface area contributed by atoms with Gasteiger partial charge in [0.15, 0.2) is 5.96 Å². The Morgan fingerprint density at radius 1 is 1.04 bits per heavy atom. The van der Waals surface area contributed by atoms with Crippen molar-refractivity contribution in [1.29, 1.82) is 0 Å². The Kier molecular flexibility index (Phi) is 6.68. The van der Waals surface area contributed by atoms with E-state index in [4.69, 9.17) is 0 Å². The number of carbonyl (C=O) groups excluding carboxylic acids is 1. The number of rotatable bonds is 7. The van der Waals surface area contributed by atoms with Crippen LogP contribution in [0, 0.1) is 0 Å². The van der Waals surface area contributed by atoms with E-state index >= 15 is 0 Å². The average molecular weight is 377 g/mol. The van der Waals surface area contributed by atoms with Crippen molar-refractivity contribution in [3.63, 3.8) is 0 Å². The second-order valence-electron chi connectivity index (χ2n) is 6.55. The zero-order valence-corrected chi connectivity index (χ0v) is 16.4. The van der Waals surface area contributed by atoms with Crippen molar-refractivity contribution in [3.05, 3.63) is 71.9 Å². The summed E-state index contributed by atoms with van der Waals surface area (Å²) in [5, 5.41) is 10.6. The fraction of sp³-hybridized carbons (Fsp3) is 0.273. The Balaban J connectivity index is 1.43.